The maximum absolute atomic E-state index is 5.57. The van der Waals surface area contributed by atoms with Crippen LogP contribution in [0.3, 0.4) is 0 Å². The molecule has 0 aromatic carbocycles. The molecule has 1 aromatic rings. The minimum absolute atomic E-state index is 0.520. The van der Waals surface area contributed by atoms with Gasteiger partial charge in [0.25, 0.3) is 0 Å². The fraction of sp³-hybridized carbons (Fsp3) is 0.692. The standard InChI is InChI=1S/C13H20N4/c14-7-10-8-15-13(16-9-10)17-6-5-11-3-1-2-4-12(11)17/h8-9,11-12H,1-7,14H2. The smallest absolute Gasteiger partial charge is 0.225 e. The number of hydrogen-bond acceptors (Lipinski definition) is 4. The molecule has 3 rings (SSSR count). The first kappa shape index (κ1) is 11.0. The molecule has 0 amide bonds. The van der Waals surface area contributed by atoms with Crippen LogP contribution < -0.4 is 10.6 Å². The van der Waals surface area contributed by atoms with Gasteiger partial charge in [0, 0.05) is 37.1 Å². The Bertz CT molecular complexity index is 376. The summed E-state index contributed by atoms with van der Waals surface area (Å²) in [7, 11) is 0. The van der Waals surface area contributed by atoms with Gasteiger partial charge >= 0.3 is 0 Å². The molecule has 1 aliphatic heterocycles. The topological polar surface area (TPSA) is 55.0 Å². The third-order valence-corrected chi connectivity index (χ3v) is 4.19. The minimum Gasteiger partial charge on any atom is -0.338 e. The molecule has 2 N–H and O–H groups in total. The van der Waals surface area contributed by atoms with E-state index in [9.17, 15) is 0 Å². The molecule has 2 heterocycles. The monoisotopic (exact) mass is 232 g/mol. The van der Waals surface area contributed by atoms with Gasteiger partial charge in [0.05, 0.1) is 0 Å². The number of nitrogens with two attached hydrogens (primary N) is 1. The van der Waals surface area contributed by atoms with Gasteiger partial charge < -0.3 is 10.6 Å². The van der Waals surface area contributed by atoms with Crippen molar-refractivity contribution >= 4 is 5.95 Å². The van der Waals surface area contributed by atoms with Crippen LogP contribution in [0.1, 0.15) is 37.7 Å². The van der Waals surface area contributed by atoms with E-state index in [4.69, 9.17) is 5.73 Å². The van der Waals surface area contributed by atoms with E-state index >= 15 is 0 Å². The highest BCUT2D eigenvalue weighted by Crippen LogP contribution is 2.37. The molecule has 0 spiro atoms. The Morgan fingerprint density at radius 3 is 2.71 bits per heavy atom. The lowest BCUT2D eigenvalue weighted by molar-refractivity contribution is 0.341. The van der Waals surface area contributed by atoms with E-state index in [1.54, 1.807) is 0 Å². The Morgan fingerprint density at radius 1 is 1.18 bits per heavy atom. The summed E-state index contributed by atoms with van der Waals surface area (Å²) < 4.78 is 0. The zero-order valence-corrected chi connectivity index (χ0v) is 10.2. The lowest BCUT2D eigenvalue weighted by atomic mass is 9.85. The van der Waals surface area contributed by atoms with Crippen LogP contribution in [-0.2, 0) is 6.54 Å². The van der Waals surface area contributed by atoms with Crippen molar-refractivity contribution in [2.24, 2.45) is 11.7 Å². The second-order valence-corrected chi connectivity index (χ2v) is 5.19. The Hall–Kier alpha value is -1.16. The summed E-state index contributed by atoms with van der Waals surface area (Å²) in [6.07, 6.45) is 10.5. The number of aromatic nitrogens is 2. The van der Waals surface area contributed by atoms with Gasteiger partial charge in [-0.05, 0) is 25.2 Å². The van der Waals surface area contributed by atoms with Crippen LogP contribution in [0.4, 0.5) is 5.95 Å². The van der Waals surface area contributed by atoms with Crippen molar-refractivity contribution in [1.29, 1.82) is 0 Å². The van der Waals surface area contributed by atoms with Crippen molar-refractivity contribution in [1.82, 2.24) is 9.97 Å². The largest absolute Gasteiger partial charge is 0.338 e. The first-order valence-corrected chi connectivity index (χ1v) is 6.66. The molecule has 1 saturated carbocycles. The average Bonchev–Trinajstić information content (AvgIpc) is 2.83. The predicted molar refractivity (Wildman–Crippen MR) is 67.6 cm³/mol. The first-order valence-electron chi connectivity index (χ1n) is 6.66. The van der Waals surface area contributed by atoms with Gasteiger partial charge in [0.1, 0.15) is 0 Å². The highest BCUT2D eigenvalue weighted by atomic mass is 15.3. The van der Waals surface area contributed by atoms with Crippen molar-refractivity contribution in [3.63, 3.8) is 0 Å². The second kappa shape index (κ2) is 4.61. The maximum atomic E-state index is 5.57. The van der Waals surface area contributed by atoms with Crippen molar-refractivity contribution in [2.45, 2.75) is 44.7 Å². The summed E-state index contributed by atoms with van der Waals surface area (Å²) in [5, 5.41) is 0. The van der Waals surface area contributed by atoms with E-state index in [1.165, 1.54) is 32.1 Å². The van der Waals surface area contributed by atoms with Gasteiger partial charge in [-0.25, -0.2) is 9.97 Å². The zero-order valence-electron chi connectivity index (χ0n) is 10.2. The van der Waals surface area contributed by atoms with Gasteiger partial charge in [0.15, 0.2) is 0 Å². The molecule has 2 aliphatic rings. The van der Waals surface area contributed by atoms with Crippen molar-refractivity contribution < 1.29 is 0 Å². The Morgan fingerprint density at radius 2 is 1.94 bits per heavy atom. The zero-order chi connectivity index (χ0) is 11.7. The lowest BCUT2D eigenvalue weighted by Crippen LogP contribution is -2.35. The van der Waals surface area contributed by atoms with E-state index in [-0.39, 0.29) is 0 Å². The van der Waals surface area contributed by atoms with Gasteiger partial charge in [-0.15, -0.1) is 0 Å². The predicted octanol–water partition coefficient (Wildman–Crippen LogP) is 1.70. The molecule has 92 valence electrons. The third-order valence-electron chi connectivity index (χ3n) is 4.19. The molecule has 17 heavy (non-hydrogen) atoms. The van der Waals surface area contributed by atoms with E-state index < -0.39 is 0 Å². The molecule has 1 saturated heterocycles. The summed E-state index contributed by atoms with van der Waals surface area (Å²) >= 11 is 0. The van der Waals surface area contributed by atoms with Crippen LogP contribution in [0, 0.1) is 5.92 Å². The van der Waals surface area contributed by atoms with Gasteiger partial charge in [0.2, 0.25) is 5.95 Å². The maximum Gasteiger partial charge on any atom is 0.225 e. The molecular weight excluding hydrogens is 212 g/mol. The molecule has 2 unspecified atom stereocenters. The van der Waals surface area contributed by atoms with Crippen LogP contribution in [0.15, 0.2) is 12.4 Å². The Labute approximate surface area is 102 Å². The minimum atomic E-state index is 0.520. The molecule has 4 nitrogen and oxygen atoms in total. The van der Waals surface area contributed by atoms with E-state index in [2.05, 4.69) is 14.9 Å². The van der Waals surface area contributed by atoms with Crippen LogP contribution in [0.5, 0.6) is 0 Å². The molecule has 2 fully saturated rings. The van der Waals surface area contributed by atoms with Crippen LogP contribution in [-0.4, -0.2) is 22.6 Å². The highest BCUT2D eigenvalue weighted by Gasteiger charge is 2.36. The summed E-state index contributed by atoms with van der Waals surface area (Å²) in [6.45, 7) is 1.64. The molecule has 0 radical (unpaired) electrons. The SMILES string of the molecule is NCc1cnc(N2CCC3CCCCC32)nc1. The summed E-state index contributed by atoms with van der Waals surface area (Å²) in [4.78, 5) is 11.3. The summed E-state index contributed by atoms with van der Waals surface area (Å²) in [5.74, 6) is 1.78. The number of nitrogens with zero attached hydrogens (tertiary/aromatic N) is 3. The van der Waals surface area contributed by atoms with E-state index in [0.29, 0.717) is 12.6 Å². The number of rotatable bonds is 2. The number of fused-ring (bicyclic) bond motifs is 1. The fourth-order valence-corrected chi connectivity index (χ4v) is 3.26. The molecule has 0 bridgehead atoms. The first-order chi connectivity index (χ1) is 8.38. The summed E-state index contributed by atoms with van der Waals surface area (Å²) in [5.41, 5.74) is 6.57. The van der Waals surface area contributed by atoms with Crippen molar-refractivity contribution in [3.05, 3.63) is 18.0 Å². The summed E-state index contributed by atoms with van der Waals surface area (Å²) in [6, 6.07) is 0.687. The third kappa shape index (κ3) is 2.02. The van der Waals surface area contributed by atoms with Gasteiger partial charge in [-0.2, -0.15) is 0 Å². The van der Waals surface area contributed by atoms with E-state index in [1.807, 2.05) is 12.4 Å². The number of hydrogen-bond donors (Lipinski definition) is 1. The molecular formula is C13H20N4. The highest BCUT2D eigenvalue weighted by molar-refractivity contribution is 5.34. The van der Waals surface area contributed by atoms with Gasteiger partial charge in [-0.3, -0.25) is 0 Å². The lowest BCUT2D eigenvalue weighted by Gasteiger charge is -2.31. The number of anilines is 1. The second-order valence-electron chi connectivity index (χ2n) is 5.19. The molecule has 4 heteroatoms. The van der Waals surface area contributed by atoms with Crippen molar-refractivity contribution in [3.8, 4) is 0 Å². The fourth-order valence-electron chi connectivity index (χ4n) is 3.26. The molecule has 1 aliphatic carbocycles. The quantitative estimate of drug-likeness (QED) is 0.843. The Kier molecular flexibility index (Phi) is 2.97. The van der Waals surface area contributed by atoms with Gasteiger partial charge in [-0.1, -0.05) is 12.8 Å². The van der Waals surface area contributed by atoms with Crippen molar-refractivity contribution in [2.75, 3.05) is 11.4 Å². The van der Waals surface area contributed by atoms with Crippen LogP contribution in [0.25, 0.3) is 0 Å². The Balaban J connectivity index is 1.78. The molecule has 1 aromatic heterocycles. The van der Waals surface area contributed by atoms with Crippen LogP contribution in [0.2, 0.25) is 0 Å². The molecule has 2 atom stereocenters. The van der Waals surface area contributed by atoms with E-state index in [0.717, 1.165) is 24.0 Å². The van der Waals surface area contributed by atoms with Crippen LogP contribution >= 0.6 is 0 Å². The normalized spacial score (nSPS) is 28.2. The average molecular weight is 232 g/mol.